The molecule has 2 nitrogen and oxygen atoms in total. The molecule has 88 valence electrons. The van der Waals surface area contributed by atoms with Gasteiger partial charge >= 0.3 is 0 Å². The first kappa shape index (κ1) is 11.5. The van der Waals surface area contributed by atoms with Gasteiger partial charge in [0.1, 0.15) is 18.1 Å². The predicted molar refractivity (Wildman–Crippen MR) is 68.4 cm³/mol. The largest absolute Gasteiger partial charge is 0.508 e. The van der Waals surface area contributed by atoms with Gasteiger partial charge in [-0.25, -0.2) is 0 Å². The molecule has 2 rings (SSSR count). The monoisotopic (exact) mass is 228 g/mol. The lowest BCUT2D eigenvalue weighted by Crippen LogP contribution is -1.98. The van der Waals surface area contributed by atoms with Gasteiger partial charge in [0.05, 0.1) is 0 Å². The summed E-state index contributed by atoms with van der Waals surface area (Å²) in [6.45, 7) is 4.48. The molecule has 2 heteroatoms. The molecule has 2 aromatic rings. The second kappa shape index (κ2) is 4.91. The van der Waals surface area contributed by atoms with Gasteiger partial charge in [-0.2, -0.15) is 0 Å². The summed E-state index contributed by atoms with van der Waals surface area (Å²) in [4.78, 5) is 0. The summed E-state index contributed by atoms with van der Waals surface area (Å²) < 4.78 is 5.72. The quantitative estimate of drug-likeness (QED) is 0.870. The van der Waals surface area contributed by atoms with Crippen LogP contribution in [0.1, 0.15) is 16.7 Å². The number of benzene rings is 2. The number of hydrogen-bond donors (Lipinski definition) is 1. The number of aryl methyl sites for hydroxylation is 1. The molecule has 0 aliphatic carbocycles. The minimum atomic E-state index is 0.276. The van der Waals surface area contributed by atoms with Crippen molar-refractivity contribution in [3.05, 3.63) is 59.2 Å². The Morgan fingerprint density at radius 1 is 1.00 bits per heavy atom. The Morgan fingerprint density at radius 2 is 1.76 bits per heavy atom. The van der Waals surface area contributed by atoms with Gasteiger partial charge < -0.3 is 9.84 Å². The maximum atomic E-state index is 9.63. The highest BCUT2D eigenvalue weighted by atomic mass is 16.5. The van der Waals surface area contributed by atoms with Gasteiger partial charge in [0.25, 0.3) is 0 Å². The molecule has 1 N–H and O–H groups in total. The topological polar surface area (TPSA) is 29.5 Å². The van der Waals surface area contributed by atoms with E-state index in [0.29, 0.717) is 6.61 Å². The lowest BCUT2D eigenvalue weighted by atomic mass is 10.1. The van der Waals surface area contributed by atoms with Crippen molar-refractivity contribution in [2.75, 3.05) is 0 Å². The van der Waals surface area contributed by atoms with E-state index in [0.717, 1.165) is 16.9 Å². The summed E-state index contributed by atoms with van der Waals surface area (Å²) in [5, 5.41) is 9.63. The number of phenols is 1. The van der Waals surface area contributed by atoms with E-state index < -0.39 is 0 Å². The zero-order chi connectivity index (χ0) is 12.3. The van der Waals surface area contributed by atoms with Crippen molar-refractivity contribution in [2.45, 2.75) is 20.5 Å². The smallest absolute Gasteiger partial charge is 0.122 e. The Bertz CT molecular complexity index is 518. The first-order valence-electron chi connectivity index (χ1n) is 5.64. The molecule has 0 radical (unpaired) electrons. The van der Waals surface area contributed by atoms with E-state index in [1.54, 1.807) is 12.1 Å². The van der Waals surface area contributed by atoms with Crippen LogP contribution in [0.5, 0.6) is 11.5 Å². The van der Waals surface area contributed by atoms with Gasteiger partial charge in [0.2, 0.25) is 0 Å². The lowest BCUT2D eigenvalue weighted by molar-refractivity contribution is 0.297. The number of phenolic OH excluding ortho intramolecular Hbond substituents is 1. The molecule has 0 aromatic heterocycles. The van der Waals surface area contributed by atoms with Crippen molar-refractivity contribution in [3.8, 4) is 11.5 Å². The average molecular weight is 228 g/mol. The molecule has 0 saturated carbocycles. The Labute approximate surface area is 101 Å². The third kappa shape index (κ3) is 2.59. The fraction of sp³-hybridized carbons (Fsp3) is 0.200. The van der Waals surface area contributed by atoms with Crippen molar-refractivity contribution >= 4 is 0 Å². The van der Waals surface area contributed by atoms with Crippen LogP contribution in [0, 0.1) is 13.8 Å². The SMILES string of the molecule is Cc1cccc(OCc2ccccc2O)c1C. The molecule has 2 aromatic carbocycles. The first-order valence-corrected chi connectivity index (χ1v) is 5.64. The van der Waals surface area contributed by atoms with Crippen molar-refractivity contribution in [1.82, 2.24) is 0 Å². The zero-order valence-electron chi connectivity index (χ0n) is 10.1. The van der Waals surface area contributed by atoms with Crippen molar-refractivity contribution in [1.29, 1.82) is 0 Å². The van der Waals surface area contributed by atoms with E-state index in [4.69, 9.17) is 4.74 Å². The molecule has 0 aliphatic rings. The Balaban J connectivity index is 2.13. The molecule has 17 heavy (non-hydrogen) atoms. The Hall–Kier alpha value is -1.96. The molecular weight excluding hydrogens is 212 g/mol. The van der Waals surface area contributed by atoms with Crippen LogP contribution >= 0.6 is 0 Å². The average Bonchev–Trinajstić information content (AvgIpc) is 2.33. The molecule has 0 saturated heterocycles. The number of aromatic hydroxyl groups is 1. The predicted octanol–water partition coefficient (Wildman–Crippen LogP) is 3.59. The highest BCUT2D eigenvalue weighted by Crippen LogP contribution is 2.23. The van der Waals surface area contributed by atoms with E-state index >= 15 is 0 Å². The molecule has 0 spiro atoms. The Kier molecular flexibility index (Phi) is 3.33. The van der Waals surface area contributed by atoms with E-state index in [9.17, 15) is 5.11 Å². The van der Waals surface area contributed by atoms with Gasteiger partial charge in [0, 0.05) is 5.56 Å². The van der Waals surface area contributed by atoms with E-state index in [1.807, 2.05) is 31.2 Å². The fourth-order valence-corrected chi connectivity index (χ4v) is 1.67. The number of ether oxygens (including phenoxy) is 1. The normalized spacial score (nSPS) is 10.2. The maximum Gasteiger partial charge on any atom is 0.122 e. The molecule has 0 fully saturated rings. The minimum Gasteiger partial charge on any atom is -0.508 e. The molecule has 0 bridgehead atoms. The lowest BCUT2D eigenvalue weighted by Gasteiger charge is -2.11. The minimum absolute atomic E-state index is 0.276. The zero-order valence-corrected chi connectivity index (χ0v) is 10.1. The summed E-state index contributed by atoms with van der Waals surface area (Å²) in [6, 6.07) is 13.2. The second-order valence-corrected chi connectivity index (χ2v) is 4.12. The first-order chi connectivity index (χ1) is 8.18. The van der Waals surface area contributed by atoms with E-state index in [1.165, 1.54) is 5.56 Å². The number of rotatable bonds is 3. The van der Waals surface area contributed by atoms with Gasteiger partial charge in [-0.15, -0.1) is 0 Å². The molecule has 0 atom stereocenters. The van der Waals surface area contributed by atoms with Crippen molar-refractivity contribution < 1.29 is 9.84 Å². The molecule has 0 aliphatic heterocycles. The van der Waals surface area contributed by atoms with Crippen LogP contribution in [-0.2, 0) is 6.61 Å². The van der Waals surface area contributed by atoms with Crippen LogP contribution in [0.25, 0.3) is 0 Å². The molecule has 0 unspecified atom stereocenters. The maximum absolute atomic E-state index is 9.63. The van der Waals surface area contributed by atoms with Gasteiger partial charge in [-0.3, -0.25) is 0 Å². The Morgan fingerprint density at radius 3 is 2.53 bits per heavy atom. The van der Waals surface area contributed by atoms with E-state index in [2.05, 4.69) is 13.0 Å². The highest BCUT2D eigenvalue weighted by Gasteiger charge is 2.04. The van der Waals surface area contributed by atoms with Crippen LogP contribution in [0.15, 0.2) is 42.5 Å². The summed E-state index contributed by atoms with van der Waals surface area (Å²) in [7, 11) is 0. The van der Waals surface area contributed by atoms with Gasteiger partial charge in [-0.05, 0) is 37.1 Å². The summed E-state index contributed by atoms with van der Waals surface area (Å²) >= 11 is 0. The molecular formula is C15H16O2. The third-order valence-electron chi connectivity index (χ3n) is 2.93. The van der Waals surface area contributed by atoms with Crippen LogP contribution in [0.2, 0.25) is 0 Å². The summed E-state index contributed by atoms with van der Waals surface area (Å²) in [6.07, 6.45) is 0. The molecule has 0 amide bonds. The molecule has 0 heterocycles. The van der Waals surface area contributed by atoms with Crippen LogP contribution in [0.4, 0.5) is 0 Å². The van der Waals surface area contributed by atoms with E-state index in [-0.39, 0.29) is 5.75 Å². The van der Waals surface area contributed by atoms with Crippen LogP contribution in [-0.4, -0.2) is 5.11 Å². The van der Waals surface area contributed by atoms with Gasteiger partial charge in [0.15, 0.2) is 0 Å². The number of hydrogen-bond acceptors (Lipinski definition) is 2. The van der Waals surface area contributed by atoms with Crippen molar-refractivity contribution in [3.63, 3.8) is 0 Å². The third-order valence-corrected chi connectivity index (χ3v) is 2.93. The summed E-state index contributed by atoms with van der Waals surface area (Å²) in [5.74, 6) is 1.14. The summed E-state index contributed by atoms with van der Waals surface area (Å²) in [5.41, 5.74) is 3.15. The van der Waals surface area contributed by atoms with Crippen LogP contribution < -0.4 is 4.74 Å². The van der Waals surface area contributed by atoms with Gasteiger partial charge in [-0.1, -0.05) is 30.3 Å². The standard InChI is InChI=1S/C15H16O2/c1-11-6-5-9-15(12(11)2)17-10-13-7-3-4-8-14(13)16/h3-9,16H,10H2,1-2H3. The van der Waals surface area contributed by atoms with Crippen LogP contribution in [0.3, 0.4) is 0 Å². The second-order valence-electron chi connectivity index (χ2n) is 4.12. The van der Waals surface area contributed by atoms with Crippen molar-refractivity contribution in [2.24, 2.45) is 0 Å². The number of para-hydroxylation sites is 1. The highest BCUT2D eigenvalue weighted by molar-refractivity contribution is 5.39. The fourth-order valence-electron chi connectivity index (χ4n) is 1.67.